The quantitative estimate of drug-likeness (QED) is 0.877. The smallest absolute Gasteiger partial charge is 0.315 e. The number of nitrogens with zero attached hydrogens (tertiary/aromatic N) is 2. The summed E-state index contributed by atoms with van der Waals surface area (Å²) in [6.45, 7) is 3.59. The molecule has 3 rings (SSSR count). The maximum atomic E-state index is 12.5. The average Bonchev–Trinajstić information content (AvgIpc) is 3.25. The van der Waals surface area contributed by atoms with Gasteiger partial charge in [0.05, 0.1) is 6.04 Å². The SMILES string of the molecule is Cc1noc([C@H](C)NC(=O)N[C@H](c2ccccc2)C2CCCC2)n1. The highest BCUT2D eigenvalue weighted by Crippen LogP contribution is 2.35. The van der Waals surface area contributed by atoms with Gasteiger partial charge in [0.2, 0.25) is 5.89 Å². The monoisotopic (exact) mass is 328 g/mol. The van der Waals surface area contributed by atoms with Gasteiger partial charge in [-0.3, -0.25) is 0 Å². The minimum Gasteiger partial charge on any atom is -0.337 e. The highest BCUT2D eigenvalue weighted by molar-refractivity contribution is 5.74. The second-order valence-electron chi connectivity index (χ2n) is 6.45. The highest BCUT2D eigenvalue weighted by Gasteiger charge is 2.28. The molecule has 24 heavy (non-hydrogen) atoms. The molecule has 0 unspecified atom stereocenters. The molecule has 0 aliphatic heterocycles. The van der Waals surface area contributed by atoms with Gasteiger partial charge in [-0.25, -0.2) is 4.79 Å². The number of nitrogens with one attached hydrogen (secondary N) is 2. The Hall–Kier alpha value is -2.37. The first-order chi connectivity index (χ1) is 11.6. The van der Waals surface area contributed by atoms with E-state index in [-0.39, 0.29) is 18.1 Å². The molecule has 1 heterocycles. The zero-order valence-corrected chi connectivity index (χ0v) is 14.2. The number of aryl methyl sites for hydroxylation is 1. The Morgan fingerprint density at radius 3 is 2.54 bits per heavy atom. The van der Waals surface area contributed by atoms with Gasteiger partial charge in [0.25, 0.3) is 0 Å². The van der Waals surface area contributed by atoms with Crippen LogP contribution in [0.5, 0.6) is 0 Å². The Labute approximate surface area is 142 Å². The molecule has 0 spiro atoms. The molecule has 6 nitrogen and oxygen atoms in total. The highest BCUT2D eigenvalue weighted by atomic mass is 16.5. The minimum atomic E-state index is -0.328. The minimum absolute atomic E-state index is 0.0327. The average molecular weight is 328 g/mol. The lowest BCUT2D eigenvalue weighted by atomic mass is 9.92. The van der Waals surface area contributed by atoms with Crippen LogP contribution in [-0.2, 0) is 0 Å². The molecule has 1 aliphatic rings. The molecule has 6 heteroatoms. The van der Waals surface area contributed by atoms with Gasteiger partial charge in [-0.15, -0.1) is 0 Å². The molecule has 1 aromatic carbocycles. The van der Waals surface area contributed by atoms with Crippen LogP contribution in [0.25, 0.3) is 0 Å². The summed E-state index contributed by atoms with van der Waals surface area (Å²) in [5.74, 6) is 1.46. The van der Waals surface area contributed by atoms with Gasteiger partial charge in [0, 0.05) is 0 Å². The van der Waals surface area contributed by atoms with Crippen molar-refractivity contribution in [3.8, 4) is 0 Å². The van der Waals surface area contributed by atoms with Crippen molar-refractivity contribution in [3.05, 3.63) is 47.6 Å². The summed E-state index contributed by atoms with van der Waals surface area (Å²) in [6, 6.07) is 9.68. The second kappa shape index (κ2) is 7.47. The summed E-state index contributed by atoms with van der Waals surface area (Å²) in [6.07, 6.45) is 4.76. The van der Waals surface area contributed by atoms with Crippen molar-refractivity contribution in [2.75, 3.05) is 0 Å². The molecule has 0 bridgehead atoms. The molecule has 2 amide bonds. The Morgan fingerprint density at radius 2 is 1.92 bits per heavy atom. The third-order valence-corrected chi connectivity index (χ3v) is 4.58. The number of hydrogen-bond acceptors (Lipinski definition) is 4. The Balaban J connectivity index is 1.66. The molecule has 0 radical (unpaired) electrons. The molecule has 1 aromatic heterocycles. The lowest BCUT2D eigenvalue weighted by Crippen LogP contribution is -2.41. The molecule has 128 valence electrons. The normalized spacial score (nSPS) is 17.4. The zero-order chi connectivity index (χ0) is 16.9. The summed E-state index contributed by atoms with van der Waals surface area (Å²) in [7, 11) is 0. The van der Waals surface area contributed by atoms with Gasteiger partial charge < -0.3 is 15.2 Å². The number of aromatic nitrogens is 2. The van der Waals surface area contributed by atoms with Crippen molar-refractivity contribution in [3.63, 3.8) is 0 Å². The molecule has 1 aliphatic carbocycles. The fourth-order valence-electron chi connectivity index (χ4n) is 3.35. The maximum Gasteiger partial charge on any atom is 0.315 e. The number of benzene rings is 1. The fraction of sp³-hybridized carbons (Fsp3) is 0.500. The third kappa shape index (κ3) is 3.93. The topological polar surface area (TPSA) is 80.0 Å². The summed E-state index contributed by atoms with van der Waals surface area (Å²) in [5, 5.41) is 9.79. The molecule has 2 atom stereocenters. The van der Waals surface area contributed by atoms with Crippen LogP contribution < -0.4 is 10.6 Å². The van der Waals surface area contributed by atoms with Gasteiger partial charge in [-0.2, -0.15) is 4.98 Å². The summed E-state index contributed by atoms with van der Waals surface area (Å²) in [5.41, 5.74) is 1.15. The van der Waals surface area contributed by atoms with Gasteiger partial charge in [0.1, 0.15) is 6.04 Å². The fourth-order valence-corrected chi connectivity index (χ4v) is 3.35. The zero-order valence-electron chi connectivity index (χ0n) is 14.2. The largest absolute Gasteiger partial charge is 0.337 e. The van der Waals surface area contributed by atoms with E-state index < -0.39 is 0 Å². The van der Waals surface area contributed by atoms with Crippen LogP contribution in [0.15, 0.2) is 34.9 Å². The van der Waals surface area contributed by atoms with Crippen molar-refractivity contribution in [2.45, 2.75) is 51.6 Å². The van der Waals surface area contributed by atoms with E-state index in [4.69, 9.17) is 4.52 Å². The van der Waals surface area contributed by atoms with E-state index in [0.29, 0.717) is 17.6 Å². The predicted molar refractivity (Wildman–Crippen MR) is 90.3 cm³/mol. The van der Waals surface area contributed by atoms with E-state index in [1.54, 1.807) is 6.92 Å². The number of hydrogen-bond donors (Lipinski definition) is 2. The van der Waals surface area contributed by atoms with Crippen LogP contribution in [0.1, 0.15) is 62.0 Å². The first kappa shape index (κ1) is 16.5. The lowest BCUT2D eigenvalue weighted by Gasteiger charge is -2.26. The van der Waals surface area contributed by atoms with E-state index in [9.17, 15) is 4.79 Å². The molecule has 2 aromatic rings. The van der Waals surface area contributed by atoms with Crippen LogP contribution in [0, 0.1) is 12.8 Å². The van der Waals surface area contributed by atoms with Crippen LogP contribution in [0.2, 0.25) is 0 Å². The number of amides is 2. The van der Waals surface area contributed by atoms with Crippen molar-refractivity contribution in [1.29, 1.82) is 0 Å². The first-order valence-corrected chi connectivity index (χ1v) is 8.55. The molecular formula is C18H24N4O2. The van der Waals surface area contributed by atoms with E-state index in [1.165, 1.54) is 12.8 Å². The number of rotatable bonds is 5. The Morgan fingerprint density at radius 1 is 1.21 bits per heavy atom. The van der Waals surface area contributed by atoms with Gasteiger partial charge >= 0.3 is 6.03 Å². The molecule has 0 saturated heterocycles. The van der Waals surface area contributed by atoms with Crippen LogP contribution in [0.4, 0.5) is 4.79 Å². The van der Waals surface area contributed by atoms with Crippen LogP contribution in [-0.4, -0.2) is 16.2 Å². The summed E-state index contributed by atoms with van der Waals surface area (Å²) >= 11 is 0. The Bertz CT molecular complexity index is 665. The van der Waals surface area contributed by atoms with Crippen LogP contribution in [0.3, 0.4) is 0 Å². The summed E-state index contributed by atoms with van der Waals surface area (Å²) < 4.78 is 5.11. The van der Waals surface area contributed by atoms with Crippen molar-refractivity contribution >= 4 is 6.03 Å². The molecular weight excluding hydrogens is 304 g/mol. The van der Waals surface area contributed by atoms with Crippen molar-refractivity contribution < 1.29 is 9.32 Å². The van der Waals surface area contributed by atoms with Crippen LogP contribution >= 0.6 is 0 Å². The predicted octanol–water partition coefficient (Wildman–Crippen LogP) is 3.67. The van der Waals surface area contributed by atoms with Gasteiger partial charge in [-0.1, -0.05) is 48.3 Å². The molecule has 1 saturated carbocycles. The second-order valence-corrected chi connectivity index (χ2v) is 6.45. The maximum absolute atomic E-state index is 12.5. The number of carbonyl (C=O) groups excluding carboxylic acids is 1. The number of carbonyl (C=O) groups is 1. The van der Waals surface area contributed by atoms with E-state index in [2.05, 4.69) is 32.9 Å². The van der Waals surface area contributed by atoms with Crippen molar-refractivity contribution in [1.82, 2.24) is 20.8 Å². The van der Waals surface area contributed by atoms with E-state index >= 15 is 0 Å². The first-order valence-electron chi connectivity index (χ1n) is 8.55. The third-order valence-electron chi connectivity index (χ3n) is 4.58. The Kier molecular flexibility index (Phi) is 5.13. The lowest BCUT2D eigenvalue weighted by molar-refractivity contribution is 0.224. The summed E-state index contributed by atoms with van der Waals surface area (Å²) in [4.78, 5) is 16.6. The molecule has 1 fully saturated rings. The standard InChI is InChI=1S/C18H24N4O2/c1-12(17-20-13(2)22-24-17)19-18(23)21-16(15-10-6-7-11-15)14-8-4-3-5-9-14/h3-5,8-9,12,15-16H,6-7,10-11H2,1-2H3,(H2,19,21,23)/t12-,16+/m0/s1. The van der Waals surface area contributed by atoms with E-state index in [1.807, 2.05) is 25.1 Å². The molecule has 2 N–H and O–H groups in total. The number of urea groups is 1. The van der Waals surface area contributed by atoms with Gasteiger partial charge in [-0.05, 0) is 38.2 Å². The van der Waals surface area contributed by atoms with Crippen molar-refractivity contribution in [2.24, 2.45) is 5.92 Å². The van der Waals surface area contributed by atoms with E-state index in [0.717, 1.165) is 18.4 Å². The van der Waals surface area contributed by atoms with Gasteiger partial charge in [0.15, 0.2) is 5.82 Å².